The molecule has 1 aliphatic carbocycles. The first-order valence-electron chi connectivity index (χ1n) is 6.89. The lowest BCUT2D eigenvalue weighted by Gasteiger charge is -2.31. The van der Waals surface area contributed by atoms with E-state index in [-0.39, 0.29) is 18.2 Å². The summed E-state index contributed by atoms with van der Waals surface area (Å²) in [5.41, 5.74) is 1.20. The van der Waals surface area contributed by atoms with Gasteiger partial charge < -0.3 is 15.2 Å². The molecule has 3 nitrogen and oxygen atoms in total. The van der Waals surface area contributed by atoms with Gasteiger partial charge in [0.15, 0.2) is 0 Å². The monoisotopic (exact) mass is 327 g/mol. The van der Waals surface area contributed by atoms with Gasteiger partial charge in [-0.25, -0.2) is 0 Å². The Morgan fingerprint density at radius 2 is 2.11 bits per heavy atom. The highest BCUT2D eigenvalue weighted by Gasteiger charge is 2.24. The second-order valence-corrected chi connectivity index (χ2v) is 6.09. The van der Waals surface area contributed by atoms with E-state index in [1.807, 2.05) is 6.07 Å². The van der Waals surface area contributed by atoms with Crippen molar-refractivity contribution in [1.82, 2.24) is 5.32 Å². The highest BCUT2D eigenvalue weighted by atomic mass is 79.9. The van der Waals surface area contributed by atoms with Gasteiger partial charge in [-0.15, -0.1) is 0 Å². The van der Waals surface area contributed by atoms with Crippen LogP contribution < -0.4 is 10.1 Å². The van der Waals surface area contributed by atoms with E-state index in [9.17, 15) is 5.11 Å². The van der Waals surface area contributed by atoms with Crippen LogP contribution in [0.3, 0.4) is 0 Å². The molecule has 0 aromatic heterocycles. The Morgan fingerprint density at radius 1 is 1.37 bits per heavy atom. The van der Waals surface area contributed by atoms with Gasteiger partial charge in [0.05, 0.1) is 17.7 Å². The summed E-state index contributed by atoms with van der Waals surface area (Å²) >= 11 is 3.51. The van der Waals surface area contributed by atoms with E-state index in [2.05, 4.69) is 40.3 Å². The van der Waals surface area contributed by atoms with Crippen molar-refractivity contribution in [3.8, 4) is 5.75 Å². The molecule has 0 radical (unpaired) electrons. The van der Waals surface area contributed by atoms with E-state index in [1.54, 1.807) is 7.11 Å². The topological polar surface area (TPSA) is 41.5 Å². The Balaban J connectivity index is 2.02. The Hall–Kier alpha value is -0.580. The summed E-state index contributed by atoms with van der Waals surface area (Å²) in [7, 11) is 1.67. The number of benzene rings is 1. The second-order valence-electron chi connectivity index (χ2n) is 5.24. The number of methoxy groups -OCH3 is 1. The SMILES string of the molecule is COc1ccc(C(C)NC2CCCCC2O)cc1Br. The van der Waals surface area contributed by atoms with Crippen molar-refractivity contribution >= 4 is 15.9 Å². The number of aliphatic hydroxyl groups excluding tert-OH is 1. The molecule has 0 spiro atoms. The Bertz CT molecular complexity index is 425. The first-order chi connectivity index (χ1) is 9.11. The molecule has 0 amide bonds. The summed E-state index contributed by atoms with van der Waals surface area (Å²) in [6.07, 6.45) is 4.10. The zero-order chi connectivity index (χ0) is 13.8. The number of hydrogen-bond acceptors (Lipinski definition) is 3. The van der Waals surface area contributed by atoms with Crippen LogP contribution in [0.5, 0.6) is 5.75 Å². The maximum Gasteiger partial charge on any atom is 0.133 e. The van der Waals surface area contributed by atoms with Gasteiger partial charge in [0.25, 0.3) is 0 Å². The van der Waals surface area contributed by atoms with Gasteiger partial charge in [0, 0.05) is 12.1 Å². The fourth-order valence-corrected chi connectivity index (χ4v) is 3.23. The molecule has 0 aliphatic heterocycles. The van der Waals surface area contributed by atoms with Crippen LogP contribution in [-0.4, -0.2) is 24.4 Å². The standard InChI is InChI=1S/C15H22BrNO2/c1-10(17-13-5-3-4-6-14(13)18)11-7-8-15(19-2)12(16)9-11/h7-10,13-14,17-18H,3-6H2,1-2H3. The van der Waals surface area contributed by atoms with E-state index in [0.717, 1.165) is 29.5 Å². The van der Waals surface area contributed by atoms with Crippen molar-refractivity contribution in [1.29, 1.82) is 0 Å². The quantitative estimate of drug-likeness (QED) is 0.890. The van der Waals surface area contributed by atoms with Gasteiger partial charge in [0.1, 0.15) is 5.75 Å². The first-order valence-corrected chi connectivity index (χ1v) is 7.68. The summed E-state index contributed by atoms with van der Waals surface area (Å²) in [4.78, 5) is 0. The van der Waals surface area contributed by atoms with Crippen molar-refractivity contribution < 1.29 is 9.84 Å². The molecule has 0 saturated heterocycles. The minimum atomic E-state index is -0.210. The summed E-state index contributed by atoms with van der Waals surface area (Å²) in [5.74, 6) is 0.841. The zero-order valence-electron chi connectivity index (χ0n) is 11.5. The number of hydrogen-bond donors (Lipinski definition) is 2. The van der Waals surface area contributed by atoms with Crippen LogP contribution in [0, 0.1) is 0 Å². The number of rotatable bonds is 4. The minimum absolute atomic E-state index is 0.210. The van der Waals surface area contributed by atoms with Gasteiger partial charge in [-0.2, -0.15) is 0 Å². The van der Waals surface area contributed by atoms with Crippen molar-refractivity contribution in [2.75, 3.05) is 7.11 Å². The average molecular weight is 328 g/mol. The molecule has 0 bridgehead atoms. The summed E-state index contributed by atoms with van der Waals surface area (Å²) < 4.78 is 6.20. The molecule has 19 heavy (non-hydrogen) atoms. The smallest absolute Gasteiger partial charge is 0.133 e. The summed E-state index contributed by atoms with van der Waals surface area (Å²) in [6.45, 7) is 2.13. The molecule has 3 atom stereocenters. The van der Waals surface area contributed by atoms with Gasteiger partial charge in [-0.05, 0) is 53.4 Å². The zero-order valence-corrected chi connectivity index (χ0v) is 13.1. The maximum atomic E-state index is 10.0. The Morgan fingerprint density at radius 3 is 2.74 bits per heavy atom. The number of halogens is 1. The maximum absolute atomic E-state index is 10.0. The molecular weight excluding hydrogens is 306 g/mol. The van der Waals surface area contributed by atoms with Crippen molar-refractivity contribution in [3.05, 3.63) is 28.2 Å². The fraction of sp³-hybridized carbons (Fsp3) is 0.600. The normalized spacial score (nSPS) is 25.1. The van der Waals surface area contributed by atoms with E-state index < -0.39 is 0 Å². The molecule has 0 heterocycles. The third kappa shape index (κ3) is 3.71. The molecule has 2 rings (SSSR count). The molecule has 1 aromatic rings. The minimum Gasteiger partial charge on any atom is -0.496 e. The Labute approximate surface area is 123 Å². The molecule has 2 N–H and O–H groups in total. The van der Waals surface area contributed by atoms with Gasteiger partial charge in [-0.3, -0.25) is 0 Å². The lowest BCUT2D eigenvalue weighted by molar-refractivity contribution is 0.0859. The lowest BCUT2D eigenvalue weighted by Crippen LogP contribution is -2.43. The molecule has 4 heteroatoms. The fourth-order valence-electron chi connectivity index (χ4n) is 2.68. The van der Waals surface area contributed by atoms with Gasteiger partial charge >= 0.3 is 0 Å². The molecule has 106 valence electrons. The highest BCUT2D eigenvalue weighted by Crippen LogP contribution is 2.29. The molecule has 1 saturated carbocycles. The van der Waals surface area contributed by atoms with Crippen molar-refractivity contribution in [2.45, 2.75) is 50.8 Å². The molecule has 3 unspecified atom stereocenters. The second kappa shape index (κ2) is 6.73. The third-order valence-corrected chi connectivity index (χ3v) is 4.49. The van der Waals surface area contributed by atoms with Crippen LogP contribution in [0.25, 0.3) is 0 Å². The van der Waals surface area contributed by atoms with Crippen LogP contribution in [0.2, 0.25) is 0 Å². The average Bonchev–Trinajstić information content (AvgIpc) is 2.41. The number of ether oxygens (including phenoxy) is 1. The van der Waals surface area contributed by atoms with Crippen LogP contribution in [0.4, 0.5) is 0 Å². The lowest BCUT2D eigenvalue weighted by atomic mass is 9.91. The predicted molar refractivity (Wildman–Crippen MR) is 80.5 cm³/mol. The van der Waals surface area contributed by atoms with Crippen LogP contribution in [-0.2, 0) is 0 Å². The summed E-state index contributed by atoms with van der Waals surface area (Å²) in [5, 5.41) is 13.5. The molecule has 1 aromatic carbocycles. The van der Waals surface area contributed by atoms with E-state index >= 15 is 0 Å². The van der Waals surface area contributed by atoms with Crippen molar-refractivity contribution in [3.63, 3.8) is 0 Å². The summed E-state index contributed by atoms with van der Waals surface area (Å²) in [6, 6.07) is 6.54. The van der Waals surface area contributed by atoms with Crippen LogP contribution in [0.1, 0.15) is 44.2 Å². The van der Waals surface area contributed by atoms with E-state index in [0.29, 0.717) is 0 Å². The Kier molecular flexibility index (Phi) is 5.25. The largest absolute Gasteiger partial charge is 0.496 e. The molecule has 1 aliphatic rings. The van der Waals surface area contributed by atoms with Crippen molar-refractivity contribution in [2.24, 2.45) is 0 Å². The third-order valence-electron chi connectivity index (χ3n) is 3.87. The number of nitrogens with one attached hydrogen (secondary N) is 1. The first kappa shape index (κ1) is 14.8. The van der Waals surface area contributed by atoms with Crippen LogP contribution in [0.15, 0.2) is 22.7 Å². The van der Waals surface area contributed by atoms with Gasteiger partial charge in [-0.1, -0.05) is 18.9 Å². The molecule has 1 fully saturated rings. The van der Waals surface area contributed by atoms with Crippen LogP contribution >= 0.6 is 15.9 Å². The van der Waals surface area contributed by atoms with E-state index in [1.165, 1.54) is 12.0 Å². The van der Waals surface area contributed by atoms with E-state index in [4.69, 9.17) is 4.74 Å². The number of aliphatic hydroxyl groups is 1. The predicted octanol–water partition coefficient (Wildman–Crippen LogP) is 3.41. The molecular formula is C15H22BrNO2. The highest BCUT2D eigenvalue weighted by molar-refractivity contribution is 9.10. The van der Waals surface area contributed by atoms with Gasteiger partial charge in [0.2, 0.25) is 0 Å².